The van der Waals surface area contributed by atoms with Crippen LogP contribution in [0.15, 0.2) is 17.0 Å². The summed E-state index contributed by atoms with van der Waals surface area (Å²) in [5.41, 5.74) is 8.20. The molecule has 21 heavy (non-hydrogen) atoms. The number of aryl methyl sites for hydroxylation is 1. The fourth-order valence-electron chi connectivity index (χ4n) is 2.68. The minimum absolute atomic E-state index is 0.0695. The molecule has 0 saturated carbocycles. The predicted molar refractivity (Wildman–Crippen MR) is 82.6 cm³/mol. The fraction of sp³-hybridized carbons (Fsp3) is 0.600. The number of hydrogen-bond donors (Lipinski definition) is 2. The molecule has 3 N–H and O–H groups in total. The molecule has 6 heteroatoms. The van der Waals surface area contributed by atoms with E-state index in [2.05, 4.69) is 4.72 Å². The van der Waals surface area contributed by atoms with Gasteiger partial charge in [0.1, 0.15) is 0 Å². The first-order valence-electron chi connectivity index (χ1n) is 7.27. The van der Waals surface area contributed by atoms with Crippen molar-refractivity contribution in [2.45, 2.75) is 57.2 Å². The van der Waals surface area contributed by atoms with Crippen molar-refractivity contribution in [2.75, 3.05) is 6.61 Å². The van der Waals surface area contributed by atoms with Gasteiger partial charge in [-0.15, -0.1) is 0 Å². The van der Waals surface area contributed by atoms with Gasteiger partial charge in [-0.2, -0.15) is 0 Å². The molecule has 1 heterocycles. The maximum atomic E-state index is 12.7. The Morgan fingerprint density at radius 2 is 2.10 bits per heavy atom. The molecule has 1 aromatic carbocycles. The van der Waals surface area contributed by atoms with Crippen LogP contribution in [0.2, 0.25) is 0 Å². The quantitative estimate of drug-likeness (QED) is 0.885. The van der Waals surface area contributed by atoms with Crippen LogP contribution in [-0.4, -0.2) is 27.2 Å². The second-order valence-electron chi connectivity index (χ2n) is 5.76. The summed E-state index contributed by atoms with van der Waals surface area (Å²) in [6.45, 7) is 6.62. The highest BCUT2D eigenvalue weighted by Gasteiger charge is 2.26. The van der Waals surface area contributed by atoms with E-state index in [1.165, 1.54) is 0 Å². The standard InChI is InChI=1S/C15H24N2O3S/c1-10-6-13(9-16)8-15(12(10)3)21(18,19)17-14-4-5-20-11(2)7-14/h6,8,11,14,17H,4-5,7,9,16H2,1-3H3. The largest absolute Gasteiger partial charge is 0.378 e. The van der Waals surface area contributed by atoms with Gasteiger partial charge in [-0.25, -0.2) is 13.1 Å². The highest BCUT2D eigenvalue weighted by atomic mass is 32.2. The summed E-state index contributed by atoms with van der Waals surface area (Å²) < 4.78 is 33.6. The molecule has 2 atom stereocenters. The molecule has 2 rings (SSSR count). The van der Waals surface area contributed by atoms with Crippen molar-refractivity contribution in [3.63, 3.8) is 0 Å². The van der Waals surface area contributed by atoms with E-state index in [4.69, 9.17) is 10.5 Å². The Hall–Kier alpha value is -0.950. The zero-order valence-electron chi connectivity index (χ0n) is 12.8. The summed E-state index contributed by atoms with van der Waals surface area (Å²) in [4.78, 5) is 0.335. The Morgan fingerprint density at radius 1 is 1.38 bits per heavy atom. The summed E-state index contributed by atoms with van der Waals surface area (Å²) in [5.74, 6) is 0. The molecule has 2 unspecified atom stereocenters. The average Bonchev–Trinajstić information content (AvgIpc) is 2.41. The highest BCUT2D eigenvalue weighted by molar-refractivity contribution is 7.89. The molecule has 0 amide bonds. The average molecular weight is 312 g/mol. The van der Waals surface area contributed by atoms with Gasteiger partial charge in [0.05, 0.1) is 11.0 Å². The number of ether oxygens (including phenoxy) is 1. The van der Waals surface area contributed by atoms with Crippen LogP contribution < -0.4 is 10.5 Å². The second kappa shape index (κ2) is 6.44. The van der Waals surface area contributed by atoms with Crippen LogP contribution in [0.4, 0.5) is 0 Å². The van der Waals surface area contributed by atoms with E-state index in [0.717, 1.165) is 16.7 Å². The molecule has 1 fully saturated rings. The molecule has 0 aliphatic carbocycles. The van der Waals surface area contributed by atoms with Gasteiger partial charge >= 0.3 is 0 Å². The van der Waals surface area contributed by atoms with Gasteiger partial charge in [-0.1, -0.05) is 6.07 Å². The number of rotatable bonds is 4. The lowest BCUT2D eigenvalue weighted by Gasteiger charge is -2.28. The monoisotopic (exact) mass is 312 g/mol. The van der Waals surface area contributed by atoms with Crippen molar-refractivity contribution in [1.82, 2.24) is 4.72 Å². The van der Waals surface area contributed by atoms with Crippen molar-refractivity contribution >= 4 is 10.0 Å². The minimum atomic E-state index is -3.53. The molecule has 0 radical (unpaired) electrons. The maximum Gasteiger partial charge on any atom is 0.241 e. The Balaban J connectivity index is 2.29. The van der Waals surface area contributed by atoms with Crippen molar-refractivity contribution in [1.29, 1.82) is 0 Å². The van der Waals surface area contributed by atoms with Crippen LogP contribution in [0, 0.1) is 13.8 Å². The third-order valence-corrected chi connectivity index (χ3v) is 5.66. The Morgan fingerprint density at radius 3 is 2.71 bits per heavy atom. The summed E-state index contributed by atoms with van der Waals surface area (Å²) >= 11 is 0. The molecule has 0 aromatic heterocycles. The van der Waals surface area contributed by atoms with Gasteiger partial charge in [0, 0.05) is 19.2 Å². The van der Waals surface area contributed by atoms with E-state index in [-0.39, 0.29) is 12.1 Å². The van der Waals surface area contributed by atoms with Crippen molar-refractivity contribution in [3.05, 3.63) is 28.8 Å². The molecule has 1 aliphatic rings. The highest BCUT2D eigenvalue weighted by Crippen LogP contribution is 2.23. The van der Waals surface area contributed by atoms with Gasteiger partial charge in [-0.05, 0) is 56.4 Å². The predicted octanol–water partition coefficient (Wildman–Crippen LogP) is 1.61. The lowest BCUT2D eigenvalue weighted by molar-refractivity contribution is 0.0173. The van der Waals surface area contributed by atoms with Crippen molar-refractivity contribution in [2.24, 2.45) is 5.73 Å². The summed E-state index contributed by atoms with van der Waals surface area (Å²) in [7, 11) is -3.53. The Bertz CT molecular complexity index is 614. The third kappa shape index (κ3) is 3.83. The molecule has 118 valence electrons. The number of sulfonamides is 1. The lowest BCUT2D eigenvalue weighted by atomic mass is 10.1. The van der Waals surface area contributed by atoms with Gasteiger partial charge < -0.3 is 10.5 Å². The van der Waals surface area contributed by atoms with E-state index in [9.17, 15) is 8.42 Å². The van der Waals surface area contributed by atoms with E-state index in [1.807, 2.05) is 26.8 Å². The summed E-state index contributed by atoms with van der Waals surface area (Å²) in [6, 6.07) is 3.54. The first-order valence-corrected chi connectivity index (χ1v) is 8.76. The number of nitrogens with one attached hydrogen (secondary N) is 1. The molecule has 5 nitrogen and oxygen atoms in total. The Labute approximate surface area is 126 Å². The van der Waals surface area contributed by atoms with Gasteiger partial charge in [0.25, 0.3) is 0 Å². The molecular weight excluding hydrogens is 288 g/mol. The topological polar surface area (TPSA) is 81.4 Å². The third-order valence-electron chi connectivity index (χ3n) is 4.01. The molecule has 1 aromatic rings. The van der Waals surface area contributed by atoms with Crippen LogP contribution in [0.1, 0.15) is 36.5 Å². The van der Waals surface area contributed by atoms with Crippen LogP contribution in [0.5, 0.6) is 0 Å². The molecule has 1 aliphatic heterocycles. The zero-order valence-corrected chi connectivity index (χ0v) is 13.7. The van der Waals surface area contributed by atoms with E-state index in [0.29, 0.717) is 30.9 Å². The SMILES string of the molecule is Cc1cc(CN)cc(S(=O)(=O)NC2CCOC(C)C2)c1C. The Kier molecular flexibility index (Phi) is 5.03. The van der Waals surface area contributed by atoms with E-state index >= 15 is 0 Å². The van der Waals surface area contributed by atoms with Crippen LogP contribution in [-0.2, 0) is 21.3 Å². The smallest absolute Gasteiger partial charge is 0.241 e. The van der Waals surface area contributed by atoms with Gasteiger partial charge in [0.2, 0.25) is 10.0 Å². The minimum Gasteiger partial charge on any atom is -0.378 e. The first kappa shape index (κ1) is 16.4. The molecule has 0 bridgehead atoms. The van der Waals surface area contributed by atoms with Gasteiger partial charge in [0.15, 0.2) is 0 Å². The summed E-state index contributed by atoms with van der Waals surface area (Å²) in [5, 5.41) is 0. The van der Waals surface area contributed by atoms with E-state index in [1.54, 1.807) is 6.07 Å². The second-order valence-corrected chi connectivity index (χ2v) is 7.45. The zero-order chi connectivity index (χ0) is 15.6. The van der Waals surface area contributed by atoms with Crippen LogP contribution >= 0.6 is 0 Å². The lowest BCUT2D eigenvalue weighted by Crippen LogP contribution is -2.41. The van der Waals surface area contributed by atoms with Crippen molar-refractivity contribution in [3.8, 4) is 0 Å². The number of hydrogen-bond acceptors (Lipinski definition) is 4. The number of benzene rings is 1. The normalized spacial score (nSPS) is 23.2. The number of nitrogens with two attached hydrogens (primary N) is 1. The maximum absolute atomic E-state index is 12.7. The molecule has 0 spiro atoms. The van der Waals surface area contributed by atoms with Crippen LogP contribution in [0.25, 0.3) is 0 Å². The van der Waals surface area contributed by atoms with Crippen molar-refractivity contribution < 1.29 is 13.2 Å². The summed E-state index contributed by atoms with van der Waals surface area (Å²) in [6.07, 6.45) is 1.50. The first-order chi connectivity index (χ1) is 9.83. The molecule has 1 saturated heterocycles. The van der Waals surface area contributed by atoms with E-state index < -0.39 is 10.0 Å². The molecular formula is C15H24N2O3S. The fourth-order valence-corrected chi connectivity index (χ4v) is 4.33. The van der Waals surface area contributed by atoms with Gasteiger partial charge in [-0.3, -0.25) is 0 Å². The van der Waals surface area contributed by atoms with Crippen LogP contribution in [0.3, 0.4) is 0 Å².